The number of hydrogen-bond donors (Lipinski definition) is 1. The molecule has 1 atom stereocenters. The van der Waals surface area contributed by atoms with E-state index in [4.69, 9.17) is 14.5 Å². The number of hydrogen-bond acceptors (Lipinski definition) is 7. The zero-order valence-electron chi connectivity index (χ0n) is 21.5. The standard InChI is InChI=1S/C29H29N5O3S/c1-19(28(35)30-16-15-20-13-14-24(36-2)25(17-20)37-3)38-29-31-27-26(32-33-29)22-11-7-8-12-23(22)34(27)18-21-9-5-4-6-10-21/h4-14,17,19H,15-16,18H2,1-3H3,(H,30,35). The van der Waals surface area contributed by atoms with Gasteiger partial charge in [0, 0.05) is 18.5 Å². The Morgan fingerprint density at radius 1 is 0.947 bits per heavy atom. The Hall–Kier alpha value is -4.11. The molecule has 0 aliphatic carbocycles. The maximum atomic E-state index is 12.8. The van der Waals surface area contributed by atoms with E-state index in [2.05, 4.69) is 38.3 Å². The summed E-state index contributed by atoms with van der Waals surface area (Å²) in [6.07, 6.45) is 0.674. The lowest BCUT2D eigenvalue weighted by Crippen LogP contribution is -2.32. The van der Waals surface area contributed by atoms with Crippen molar-refractivity contribution >= 4 is 39.7 Å². The van der Waals surface area contributed by atoms with Gasteiger partial charge in [0.25, 0.3) is 0 Å². The number of benzene rings is 3. The first-order chi connectivity index (χ1) is 18.6. The fraction of sp³-hybridized carbons (Fsp3) is 0.241. The number of amides is 1. The highest BCUT2D eigenvalue weighted by Gasteiger charge is 2.19. The number of aromatic nitrogens is 4. The van der Waals surface area contributed by atoms with Gasteiger partial charge < -0.3 is 19.4 Å². The van der Waals surface area contributed by atoms with E-state index in [0.29, 0.717) is 36.2 Å². The van der Waals surface area contributed by atoms with Gasteiger partial charge in [0.05, 0.1) is 25.0 Å². The Morgan fingerprint density at radius 3 is 2.50 bits per heavy atom. The monoisotopic (exact) mass is 527 g/mol. The molecule has 38 heavy (non-hydrogen) atoms. The Labute approximate surface area is 225 Å². The van der Waals surface area contributed by atoms with Crippen LogP contribution in [0.15, 0.2) is 78.0 Å². The number of rotatable bonds is 10. The highest BCUT2D eigenvalue weighted by molar-refractivity contribution is 8.00. The highest BCUT2D eigenvalue weighted by atomic mass is 32.2. The van der Waals surface area contributed by atoms with Crippen LogP contribution in [0.1, 0.15) is 18.1 Å². The zero-order chi connectivity index (χ0) is 26.5. The summed E-state index contributed by atoms with van der Waals surface area (Å²) < 4.78 is 12.8. The quantitative estimate of drug-likeness (QED) is 0.259. The first-order valence-electron chi connectivity index (χ1n) is 12.4. The number of thioether (sulfide) groups is 1. The van der Waals surface area contributed by atoms with Gasteiger partial charge in [-0.3, -0.25) is 4.79 Å². The van der Waals surface area contributed by atoms with Gasteiger partial charge in [0.1, 0.15) is 5.52 Å². The van der Waals surface area contributed by atoms with Crippen molar-refractivity contribution in [1.82, 2.24) is 25.1 Å². The molecule has 0 aliphatic heterocycles. The van der Waals surface area contributed by atoms with Gasteiger partial charge in [0.2, 0.25) is 11.1 Å². The molecule has 2 heterocycles. The van der Waals surface area contributed by atoms with Crippen LogP contribution in [0.25, 0.3) is 22.1 Å². The Kier molecular flexibility index (Phi) is 7.74. The lowest BCUT2D eigenvalue weighted by molar-refractivity contribution is -0.120. The van der Waals surface area contributed by atoms with Crippen LogP contribution in [0.2, 0.25) is 0 Å². The van der Waals surface area contributed by atoms with Crippen molar-refractivity contribution in [2.24, 2.45) is 0 Å². The zero-order valence-corrected chi connectivity index (χ0v) is 22.4. The fourth-order valence-corrected chi connectivity index (χ4v) is 5.12. The summed E-state index contributed by atoms with van der Waals surface area (Å²) >= 11 is 1.30. The van der Waals surface area contributed by atoms with Crippen molar-refractivity contribution in [2.75, 3.05) is 20.8 Å². The first-order valence-corrected chi connectivity index (χ1v) is 13.3. The van der Waals surface area contributed by atoms with Crippen molar-refractivity contribution in [3.63, 3.8) is 0 Å². The van der Waals surface area contributed by atoms with E-state index < -0.39 is 0 Å². The van der Waals surface area contributed by atoms with Crippen molar-refractivity contribution in [3.05, 3.63) is 83.9 Å². The molecule has 0 bridgehead atoms. The van der Waals surface area contributed by atoms with Gasteiger partial charge in [0.15, 0.2) is 17.1 Å². The average Bonchev–Trinajstić information content (AvgIpc) is 3.26. The molecule has 8 nitrogen and oxygen atoms in total. The number of carbonyl (C=O) groups excluding carboxylic acids is 1. The van der Waals surface area contributed by atoms with Crippen molar-refractivity contribution < 1.29 is 14.3 Å². The first kappa shape index (κ1) is 25.5. The topological polar surface area (TPSA) is 91.2 Å². The summed E-state index contributed by atoms with van der Waals surface area (Å²) in [6.45, 7) is 3.02. The second-order valence-corrected chi connectivity index (χ2v) is 10.2. The van der Waals surface area contributed by atoms with Crippen LogP contribution in [0.5, 0.6) is 11.5 Å². The second-order valence-electron chi connectivity index (χ2n) is 8.85. The molecule has 5 aromatic rings. The molecule has 0 fully saturated rings. The SMILES string of the molecule is COc1ccc(CCNC(=O)C(C)Sc2nnc3c4ccccc4n(Cc4ccccc4)c3n2)cc1OC. The minimum Gasteiger partial charge on any atom is -0.493 e. The van der Waals surface area contributed by atoms with E-state index in [1.165, 1.54) is 17.3 Å². The molecule has 5 rings (SSSR count). The van der Waals surface area contributed by atoms with Crippen molar-refractivity contribution in [2.45, 2.75) is 30.3 Å². The van der Waals surface area contributed by atoms with Crippen LogP contribution in [-0.4, -0.2) is 51.7 Å². The van der Waals surface area contributed by atoms with Crippen LogP contribution >= 0.6 is 11.8 Å². The number of para-hydroxylation sites is 1. The molecular weight excluding hydrogens is 498 g/mol. The van der Waals surface area contributed by atoms with Crippen LogP contribution < -0.4 is 14.8 Å². The molecule has 1 amide bonds. The normalized spacial score (nSPS) is 12.0. The van der Waals surface area contributed by atoms with Gasteiger partial charge in [-0.25, -0.2) is 4.98 Å². The Bertz CT molecular complexity index is 1570. The lowest BCUT2D eigenvalue weighted by Gasteiger charge is -2.12. The number of ether oxygens (including phenoxy) is 2. The molecule has 1 unspecified atom stereocenters. The van der Waals surface area contributed by atoms with Gasteiger partial charge in [-0.1, -0.05) is 66.4 Å². The fourth-order valence-electron chi connectivity index (χ4n) is 4.39. The van der Waals surface area contributed by atoms with E-state index in [9.17, 15) is 4.79 Å². The summed E-state index contributed by atoms with van der Waals surface area (Å²) in [5.41, 5.74) is 4.79. The smallest absolute Gasteiger partial charge is 0.233 e. The molecule has 0 radical (unpaired) electrons. The van der Waals surface area contributed by atoms with Gasteiger partial charge in [-0.2, -0.15) is 0 Å². The van der Waals surface area contributed by atoms with Crippen LogP contribution in [-0.2, 0) is 17.8 Å². The maximum absolute atomic E-state index is 12.8. The molecule has 1 N–H and O–H groups in total. The van der Waals surface area contributed by atoms with E-state index in [1.54, 1.807) is 14.2 Å². The van der Waals surface area contributed by atoms with E-state index in [1.807, 2.05) is 61.5 Å². The molecule has 3 aromatic carbocycles. The molecule has 0 saturated carbocycles. The minimum atomic E-state index is -0.383. The second kappa shape index (κ2) is 11.5. The van der Waals surface area contributed by atoms with Gasteiger partial charge in [-0.15, -0.1) is 10.2 Å². The molecule has 2 aromatic heterocycles. The molecule has 194 valence electrons. The average molecular weight is 528 g/mol. The minimum absolute atomic E-state index is 0.0796. The van der Waals surface area contributed by atoms with Crippen LogP contribution in [0.3, 0.4) is 0 Å². The van der Waals surface area contributed by atoms with Crippen LogP contribution in [0, 0.1) is 0 Å². The Morgan fingerprint density at radius 2 is 1.71 bits per heavy atom. The summed E-state index contributed by atoms with van der Waals surface area (Å²) in [5.74, 6) is 1.27. The van der Waals surface area contributed by atoms with Gasteiger partial charge >= 0.3 is 0 Å². The number of nitrogens with one attached hydrogen (secondary N) is 1. The lowest BCUT2D eigenvalue weighted by atomic mass is 10.1. The summed E-state index contributed by atoms with van der Waals surface area (Å²) in [6, 6.07) is 24.1. The third-order valence-corrected chi connectivity index (χ3v) is 7.30. The van der Waals surface area contributed by atoms with Crippen molar-refractivity contribution in [1.29, 1.82) is 0 Å². The van der Waals surface area contributed by atoms with Gasteiger partial charge in [-0.05, 0) is 42.7 Å². The maximum Gasteiger partial charge on any atom is 0.233 e. The third-order valence-electron chi connectivity index (χ3n) is 6.35. The summed E-state index contributed by atoms with van der Waals surface area (Å²) in [7, 11) is 3.22. The molecule has 0 spiro atoms. The van der Waals surface area contributed by atoms with Crippen molar-refractivity contribution in [3.8, 4) is 11.5 Å². The summed E-state index contributed by atoms with van der Waals surface area (Å²) in [4.78, 5) is 17.7. The number of carbonyl (C=O) groups is 1. The number of fused-ring (bicyclic) bond motifs is 3. The number of nitrogens with zero attached hydrogens (tertiary/aromatic N) is 4. The predicted octanol–water partition coefficient (Wildman–Crippen LogP) is 4.88. The predicted molar refractivity (Wildman–Crippen MR) is 150 cm³/mol. The van der Waals surface area contributed by atoms with E-state index in [0.717, 1.165) is 27.6 Å². The summed E-state index contributed by atoms with van der Waals surface area (Å²) in [5, 5.41) is 13.0. The Balaban J connectivity index is 1.29. The third kappa shape index (κ3) is 5.43. The molecular formula is C29H29N5O3S. The number of methoxy groups -OCH3 is 2. The molecule has 0 aliphatic rings. The highest BCUT2D eigenvalue weighted by Crippen LogP contribution is 2.29. The van der Waals surface area contributed by atoms with E-state index in [-0.39, 0.29) is 11.2 Å². The van der Waals surface area contributed by atoms with Crippen LogP contribution in [0.4, 0.5) is 0 Å². The van der Waals surface area contributed by atoms with E-state index >= 15 is 0 Å². The molecule has 0 saturated heterocycles. The largest absolute Gasteiger partial charge is 0.493 e. The molecule has 9 heteroatoms.